The van der Waals surface area contributed by atoms with Gasteiger partial charge in [-0.2, -0.15) is 11.8 Å². The van der Waals surface area contributed by atoms with Gasteiger partial charge in [0.25, 0.3) is 0 Å². The monoisotopic (exact) mass is 228 g/mol. The minimum atomic E-state index is 0.364. The van der Waals surface area contributed by atoms with E-state index in [0.29, 0.717) is 5.54 Å². The Hall–Kier alpha value is 0.270. The molecule has 1 aliphatic carbocycles. The van der Waals surface area contributed by atoms with Crippen molar-refractivity contribution in [3.05, 3.63) is 0 Å². The lowest BCUT2D eigenvalue weighted by molar-refractivity contribution is 0.0758. The van der Waals surface area contributed by atoms with Gasteiger partial charge >= 0.3 is 0 Å². The zero-order chi connectivity index (χ0) is 10.7. The van der Waals surface area contributed by atoms with Crippen LogP contribution in [0.3, 0.4) is 0 Å². The highest BCUT2D eigenvalue weighted by Gasteiger charge is 2.43. The van der Waals surface area contributed by atoms with Gasteiger partial charge in [-0.1, -0.05) is 6.92 Å². The van der Waals surface area contributed by atoms with Gasteiger partial charge in [0.1, 0.15) is 0 Å². The zero-order valence-corrected chi connectivity index (χ0v) is 10.7. The molecule has 0 spiro atoms. The van der Waals surface area contributed by atoms with E-state index in [9.17, 15) is 0 Å². The molecule has 0 bridgehead atoms. The predicted molar refractivity (Wildman–Crippen MR) is 68.4 cm³/mol. The standard InChI is InChI=1S/C12H24N2S/c1-2-7-14(11-3-4-11)12(10-13)5-8-15-9-6-12/h11H,2-10,13H2,1H3. The first-order valence-corrected chi connectivity index (χ1v) is 7.52. The predicted octanol–water partition coefficient (Wildman–Crippen LogP) is 2.09. The van der Waals surface area contributed by atoms with E-state index in [2.05, 4.69) is 23.6 Å². The van der Waals surface area contributed by atoms with Crippen molar-refractivity contribution in [2.24, 2.45) is 5.73 Å². The summed E-state index contributed by atoms with van der Waals surface area (Å²) in [5, 5.41) is 0. The smallest absolute Gasteiger partial charge is 0.0350 e. The van der Waals surface area contributed by atoms with E-state index >= 15 is 0 Å². The molecular formula is C12H24N2S. The maximum absolute atomic E-state index is 6.08. The Bertz CT molecular complexity index is 198. The Balaban J connectivity index is 2.05. The first-order valence-electron chi connectivity index (χ1n) is 6.37. The van der Waals surface area contributed by atoms with Crippen LogP contribution < -0.4 is 5.73 Å². The molecule has 0 radical (unpaired) electrons. The molecule has 0 unspecified atom stereocenters. The number of hydrogen-bond donors (Lipinski definition) is 1. The van der Waals surface area contributed by atoms with Gasteiger partial charge in [0, 0.05) is 18.1 Å². The Labute approximate surface area is 98.0 Å². The molecule has 2 nitrogen and oxygen atoms in total. The lowest BCUT2D eigenvalue weighted by Crippen LogP contribution is -2.57. The molecule has 1 saturated heterocycles. The fourth-order valence-corrected chi connectivity index (χ4v) is 4.05. The van der Waals surface area contributed by atoms with E-state index in [1.165, 1.54) is 50.2 Å². The third-order valence-corrected chi connectivity index (χ3v) is 4.85. The fourth-order valence-electron chi connectivity index (χ4n) is 2.79. The third kappa shape index (κ3) is 2.51. The zero-order valence-electron chi connectivity index (χ0n) is 9.87. The molecule has 2 fully saturated rings. The van der Waals surface area contributed by atoms with Crippen molar-refractivity contribution in [3.63, 3.8) is 0 Å². The van der Waals surface area contributed by atoms with Crippen molar-refractivity contribution >= 4 is 11.8 Å². The van der Waals surface area contributed by atoms with Gasteiger partial charge in [0.15, 0.2) is 0 Å². The summed E-state index contributed by atoms with van der Waals surface area (Å²) >= 11 is 2.10. The highest BCUT2D eigenvalue weighted by atomic mass is 32.2. The summed E-state index contributed by atoms with van der Waals surface area (Å²) in [6.45, 7) is 4.41. The molecule has 0 atom stereocenters. The highest BCUT2D eigenvalue weighted by molar-refractivity contribution is 7.99. The molecule has 2 aliphatic rings. The number of nitrogens with two attached hydrogens (primary N) is 1. The third-order valence-electron chi connectivity index (χ3n) is 3.86. The van der Waals surface area contributed by atoms with Crippen LogP contribution in [0.2, 0.25) is 0 Å². The maximum Gasteiger partial charge on any atom is 0.0350 e. The quantitative estimate of drug-likeness (QED) is 0.781. The first-order chi connectivity index (χ1) is 7.32. The van der Waals surface area contributed by atoms with Crippen molar-refractivity contribution in [3.8, 4) is 0 Å². The van der Waals surface area contributed by atoms with Crippen LogP contribution in [0.1, 0.15) is 39.0 Å². The van der Waals surface area contributed by atoms with Crippen molar-refractivity contribution in [2.45, 2.75) is 50.6 Å². The van der Waals surface area contributed by atoms with Gasteiger partial charge in [-0.05, 0) is 50.2 Å². The molecule has 1 heterocycles. The normalized spacial score (nSPS) is 25.8. The first kappa shape index (κ1) is 11.7. The summed E-state index contributed by atoms with van der Waals surface area (Å²) in [7, 11) is 0. The van der Waals surface area contributed by atoms with E-state index in [-0.39, 0.29) is 0 Å². The number of hydrogen-bond acceptors (Lipinski definition) is 3. The van der Waals surface area contributed by atoms with E-state index in [1.807, 2.05) is 0 Å². The van der Waals surface area contributed by atoms with E-state index < -0.39 is 0 Å². The number of nitrogens with zero attached hydrogens (tertiary/aromatic N) is 1. The number of thioether (sulfide) groups is 1. The van der Waals surface area contributed by atoms with Crippen LogP contribution in [-0.4, -0.2) is 41.1 Å². The molecule has 1 saturated carbocycles. The Morgan fingerprint density at radius 1 is 1.33 bits per heavy atom. The summed E-state index contributed by atoms with van der Waals surface area (Å²) in [6, 6.07) is 0.872. The molecule has 3 heteroatoms. The minimum absolute atomic E-state index is 0.364. The fraction of sp³-hybridized carbons (Fsp3) is 1.00. The Kier molecular flexibility index (Phi) is 3.97. The second kappa shape index (κ2) is 5.07. The van der Waals surface area contributed by atoms with Crippen molar-refractivity contribution < 1.29 is 0 Å². The van der Waals surface area contributed by atoms with E-state index in [4.69, 9.17) is 5.73 Å². The van der Waals surface area contributed by atoms with Gasteiger partial charge in [-0.3, -0.25) is 4.90 Å². The Morgan fingerprint density at radius 2 is 2.00 bits per heavy atom. The van der Waals surface area contributed by atoms with Gasteiger partial charge in [-0.25, -0.2) is 0 Å². The molecule has 0 aromatic heterocycles. The second-order valence-electron chi connectivity index (χ2n) is 4.97. The molecular weight excluding hydrogens is 204 g/mol. The van der Waals surface area contributed by atoms with E-state index in [0.717, 1.165) is 12.6 Å². The van der Waals surface area contributed by atoms with Crippen molar-refractivity contribution in [2.75, 3.05) is 24.6 Å². The van der Waals surface area contributed by atoms with Crippen LogP contribution in [0.4, 0.5) is 0 Å². The molecule has 15 heavy (non-hydrogen) atoms. The summed E-state index contributed by atoms with van der Waals surface area (Å²) in [4.78, 5) is 2.76. The molecule has 1 aliphatic heterocycles. The molecule has 0 aromatic rings. The van der Waals surface area contributed by atoms with Crippen LogP contribution >= 0.6 is 11.8 Å². The summed E-state index contributed by atoms with van der Waals surface area (Å²) in [5.74, 6) is 2.62. The van der Waals surface area contributed by atoms with Gasteiger partial charge in [0.2, 0.25) is 0 Å². The van der Waals surface area contributed by atoms with Crippen molar-refractivity contribution in [1.29, 1.82) is 0 Å². The summed E-state index contributed by atoms with van der Waals surface area (Å²) in [6.07, 6.45) is 6.71. The average Bonchev–Trinajstić information content (AvgIpc) is 3.11. The molecule has 0 amide bonds. The minimum Gasteiger partial charge on any atom is -0.329 e. The van der Waals surface area contributed by atoms with Crippen LogP contribution in [-0.2, 0) is 0 Å². The van der Waals surface area contributed by atoms with Gasteiger partial charge in [0.05, 0.1) is 0 Å². The largest absolute Gasteiger partial charge is 0.329 e. The average molecular weight is 228 g/mol. The molecule has 88 valence electrons. The van der Waals surface area contributed by atoms with Crippen LogP contribution in [0.15, 0.2) is 0 Å². The lowest BCUT2D eigenvalue weighted by Gasteiger charge is -2.46. The topological polar surface area (TPSA) is 29.3 Å². The summed E-state index contributed by atoms with van der Waals surface area (Å²) < 4.78 is 0. The highest BCUT2D eigenvalue weighted by Crippen LogP contribution is 2.39. The molecule has 0 aromatic carbocycles. The van der Waals surface area contributed by atoms with Crippen LogP contribution in [0.5, 0.6) is 0 Å². The SMILES string of the molecule is CCCN(C1CC1)C1(CN)CCSCC1. The van der Waals surface area contributed by atoms with E-state index in [1.54, 1.807) is 0 Å². The Morgan fingerprint density at radius 3 is 2.47 bits per heavy atom. The lowest BCUT2D eigenvalue weighted by atomic mass is 9.89. The second-order valence-corrected chi connectivity index (χ2v) is 6.19. The molecule has 2 rings (SSSR count). The summed E-state index contributed by atoms with van der Waals surface area (Å²) in [5.41, 5.74) is 6.45. The van der Waals surface area contributed by atoms with Gasteiger partial charge < -0.3 is 5.73 Å². The van der Waals surface area contributed by atoms with Crippen LogP contribution in [0.25, 0.3) is 0 Å². The maximum atomic E-state index is 6.08. The number of rotatable bonds is 5. The van der Waals surface area contributed by atoms with Crippen LogP contribution in [0, 0.1) is 0 Å². The van der Waals surface area contributed by atoms with Crippen molar-refractivity contribution in [1.82, 2.24) is 4.90 Å². The van der Waals surface area contributed by atoms with Gasteiger partial charge in [-0.15, -0.1) is 0 Å². The molecule has 2 N–H and O–H groups in total.